The highest BCUT2D eigenvalue weighted by molar-refractivity contribution is 5.73. The Hall–Kier alpha value is -1.72. The summed E-state index contributed by atoms with van der Waals surface area (Å²) in [5, 5.41) is 0. The summed E-state index contributed by atoms with van der Waals surface area (Å²) in [7, 11) is 2.58. The van der Waals surface area contributed by atoms with Crippen molar-refractivity contribution >= 4 is 5.97 Å². The molecule has 0 saturated heterocycles. The van der Waals surface area contributed by atoms with Crippen molar-refractivity contribution in [3.05, 3.63) is 22.9 Å². The van der Waals surface area contributed by atoms with E-state index in [4.69, 9.17) is 4.74 Å². The molecule has 0 aliphatic heterocycles. The summed E-state index contributed by atoms with van der Waals surface area (Å²) in [5.41, 5.74) is 0.0886. The molecule has 1 heterocycles. The standard InChI is InChI=1S/C11H13F2NO3/c1-6-10(11(12)13)7(5-9(15)17-3)4-8(14-6)16-2/h4,11H,5H2,1-3H3. The van der Waals surface area contributed by atoms with Gasteiger partial charge < -0.3 is 9.47 Å². The summed E-state index contributed by atoms with van der Waals surface area (Å²) in [4.78, 5) is 15.0. The number of pyridine rings is 1. The highest BCUT2D eigenvalue weighted by Crippen LogP contribution is 2.28. The zero-order chi connectivity index (χ0) is 13.0. The van der Waals surface area contributed by atoms with Crippen molar-refractivity contribution in [2.45, 2.75) is 19.8 Å². The second-order valence-electron chi connectivity index (χ2n) is 3.38. The molecule has 0 amide bonds. The number of esters is 1. The van der Waals surface area contributed by atoms with Crippen molar-refractivity contribution in [3.63, 3.8) is 0 Å². The van der Waals surface area contributed by atoms with Crippen molar-refractivity contribution in [3.8, 4) is 5.88 Å². The maximum Gasteiger partial charge on any atom is 0.309 e. The second-order valence-corrected chi connectivity index (χ2v) is 3.38. The van der Waals surface area contributed by atoms with Gasteiger partial charge in [0, 0.05) is 11.6 Å². The number of carbonyl (C=O) groups excluding carboxylic acids is 1. The van der Waals surface area contributed by atoms with E-state index in [9.17, 15) is 13.6 Å². The van der Waals surface area contributed by atoms with Gasteiger partial charge in [-0.3, -0.25) is 4.79 Å². The molecular formula is C11H13F2NO3. The Bertz CT molecular complexity index is 421. The van der Waals surface area contributed by atoms with E-state index in [2.05, 4.69) is 9.72 Å². The molecular weight excluding hydrogens is 232 g/mol. The van der Waals surface area contributed by atoms with Crippen LogP contribution in [0.1, 0.15) is 23.2 Å². The summed E-state index contributed by atoms with van der Waals surface area (Å²) in [6, 6.07) is 1.32. The molecule has 1 aromatic rings. The lowest BCUT2D eigenvalue weighted by Gasteiger charge is -2.12. The molecule has 0 aliphatic rings. The van der Waals surface area contributed by atoms with Crippen LogP contribution in [0, 0.1) is 6.92 Å². The number of ether oxygens (including phenoxy) is 2. The molecule has 0 unspecified atom stereocenters. The van der Waals surface area contributed by atoms with E-state index in [1.54, 1.807) is 0 Å². The van der Waals surface area contributed by atoms with Crippen LogP contribution in [0.25, 0.3) is 0 Å². The number of halogens is 2. The van der Waals surface area contributed by atoms with Gasteiger partial charge in [0.2, 0.25) is 5.88 Å². The van der Waals surface area contributed by atoms with Gasteiger partial charge in [0.25, 0.3) is 6.43 Å². The normalized spacial score (nSPS) is 10.5. The maximum atomic E-state index is 12.8. The van der Waals surface area contributed by atoms with Crippen LogP contribution in [-0.2, 0) is 16.0 Å². The largest absolute Gasteiger partial charge is 0.481 e. The van der Waals surface area contributed by atoms with E-state index < -0.39 is 12.4 Å². The van der Waals surface area contributed by atoms with Crippen molar-refractivity contribution in [1.29, 1.82) is 0 Å². The fourth-order valence-electron chi connectivity index (χ4n) is 1.49. The third-order valence-electron chi connectivity index (χ3n) is 2.30. The summed E-state index contributed by atoms with van der Waals surface area (Å²) in [6.45, 7) is 1.45. The number of aryl methyl sites for hydroxylation is 1. The van der Waals surface area contributed by atoms with Gasteiger partial charge in [0.1, 0.15) is 0 Å². The van der Waals surface area contributed by atoms with Crippen LogP contribution in [-0.4, -0.2) is 25.2 Å². The SMILES string of the molecule is COC(=O)Cc1cc(OC)nc(C)c1C(F)F. The Morgan fingerprint density at radius 1 is 1.47 bits per heavy atom. The summed E-state index contributed by atoms with van der Waals surface area (Å²) >= 11 is 0. The topological polar surface area (TPSA) is 48.4 Å². The fraction of sp³-hybridized carbons (Fsp3) is 0.455. The van der Waals surface area contributed by atoms with E-state index in [-0.39, 0.29) is 29.1 Å². The van der Waals surface area contributed by atoms with Gasteiger partial charge >= 0.3 is 5.97 Å². The van der Waals surface area contributed by atoms with Crippen LogP contribution >= 0.6 is 0 Å². The van der Waals surface area contributed by atoms with Gasteiger partial charge in [-0.05, 0) is 12.5 Å². The van der Waals surface area contributed by atoms with Crippen molar-refractivity contribution in [2.75, 3.05) is 14.2 Å². The van der Waals surface area contributed by atoms with E-state index in [0.717, 1.165) is 0 Å². The van der Waals surface area contributed by atoms with E-state index in [0.29, 0.717) is 0 Å². The molecule has 6 heteroatoms. The Labute approximate surface area is 97.6 Å². The molecule has 0 aromatic carbocycles. The van der Waals surface area contributed by atoms with Gasteiger partial charge in [-0.2, -0.15) is 0 Å². The molecule has 17 heavy (non-hydrogen) atoms. The number of hydrogen-bond acceptors (Lipinski definition) is 4. The van der Waals surface area contributed by atoms with Gasteiger partial charge in [0.15, 0.2) is 0 Å². The molecule has 94 valence electrons. The quantitative estimate of drug-likeness (QED) is 0.762. The van der Waals surface area contributed by atoms with Crippen LogP contribution in [0.5, 0.6) is 5.88 Å². The van der Waals surface area contributed by atoms with Crippen LogP contribution in [0.4, 0.5) is 8.78 Å². The van der Waals surface area contributed by atoms with E-state index in [1.165, 1.54) is 27.2 Å². The number of alkyl halides is 2. The minimum atomic E-state index is -2.69. The van der Waals surface area contributed by atoms with Crippen molar-refractivity contribution in [1.82, 2.24) is 4.98 Å². The number of hydrogen-bond donors (Lipinski definition) is 0. The zero-order valence-electron chi connectivity index (χ0n) is 9.79. The lowest BCUT2D eigenvalue weighted by Crippen LogP contribution is -2.10. The summed E-state index contributed by atoms with van der Waals surface area (Å²) in [5.74, 6) is -0.384. The molecule has 0 saturated carbocycles. The van der Waals surface area contributed by atoms with E-state index in [1.807, 2.05) is 0 Å². The van der Waals surface area contributed by atoms with Gasteiger partial charge in [-0.15, -0.1) is 0 Å². The average Bonchev–Trinajstić information content (AvgIpc) is 2.27. The van der Waals surface area contributed by atoms with Crippen molar-refractivity contribution in [2.24, 2.45) is 0 Å². The predicted molar refractivity (Wildman–Crippen MR) is 56.2 cm³/mol. The fourth-order valence-corrected chi connectivity index (χ4v) is 1.49. The molecule has 0 atom stereocenters. The third kappa shape index (κ3) is 3.12. The first kappa shape index (κ1) is 13.3. The highest BCUT2D eigenvalue weighted by atomic mass is 19.3. The molecule has 1 rings (SSSR count). The molecule has 1 aromatic heterocycles. The number of nitrogens with zero attached hydrogens (tertiary/aromatic N) is 1. The Morgan fingerprint density at radius 3 is 2.59 bits per heavy atom. The zero-order valence-corrected chi connectivity index (χ0v) is 9.79. The number of aromatic nitrogens is 1. The molecule has 4 nitrogen and oxygen atoms in total. The number of rotatable bonds is 4. The molecule has 0 bridgehead atoms. The van der Waals surface area contributed by atoms with Crippen molar-refractivity contribution < 1.29 is 23.0 Å². The molecule has 0 fully saturated rings. The first-order valence-electron chi connectivity index (χ1n) is 4.89. The van der Waals surface area contributed by atoms with Crippen LogP contribution in [0.2, 0.25) is 0 Å². The molecule has 0 N–H and O–H groups in total. The Balaban J connectivity index is 3.22. The molecule has 0 spiro atoms. The second kappa shape index (κ2) is 5.56. The number of methoxy groups -OCH3 is 2. The minimum absolute atomic E-state index is 0.151. The monoisotopic (exact) mass is 245 g/mol. The average molecular weight is 245 g/mol. The molecule has 0 aliphatic carbocycles. The van der Waals surface area contributed by atoms with Gasteiger partial charge in [-0.25, -0.2) is 13.8 Å². The maximum absolute atomic E-state index is 12.8. The number of carbonyl (C=O) groups is 1. The predicted octanol–water partition coefficient (Wildman–Crippen LogP) is 2.05. The Morgan fingerprint density at radius 2 is 2.12 bits per heavy atom. The summed E-state index contributed by atoms with van der Waals surface area (Å²) in [6.07, 6.45) is -2.91. The first-order valence-corrected chi connectivity index (χ1v) is 4.89. The lowest BCUT2D eigenvalue weighted by molar-refractivity contribution is -0.139. The van der Waals surface area contributed by atoms with Crippen LogP contribution < -0.4 is 4.74 Å². The first-order chi connectivity index (χ1) is 7.99. The lowest BCUT2D eigenvalue weighted by atomic mass is 10.0. The molecule has 0 radical (unpaired) electrons. The van der Waals surface area contributed by atoms with E-state index >= 15 is 0 Å². The highest BCUT2D eigenvalue weighted by Gasteiger charge is 2.20. The van der Waals surface area contributed by atoms with Crippen LogP contribution in [0.15, 0.2) is 6.07 Å². The minimum Gasteiger partial charge on any atom is -0.481 e. The smallest absolute Gasteiger partial charge is 0.309 e. The summed E-state index contributed by atoms with van der Waals surface area (Å²) < 4.78 is 35.0. The van der Waals surface area contributed by atoms with Crippen LogP contribution in [0.3, 0.4) is 0 Å². The third-order valence-corrected chi connectivity index (χ3v) is 2.30. The van der Waals surface area contributed by atoms with Gasteiger partial charge in [0.05, 0.1) is 26.3 Å². The van der Waals surface area contributed by atoms with Gasteiger partial charge in [-0.1, -0.05) is 0 Å². The Kier molecular flexibility index (Phi) is 4.37.